The molecule has 5 heteroatoms. The third-order valence-corrected chi connectivity index (χ3v) is 13.8. The van der Waals surface area contributed by atoms with Crippen molar-refractivity contribution in [1.29, 1.82) is 0 Å². The Labute approximate surface area is 552 Å². The predicted molar refractivity (Wildman–Crippen MR) is 397 cm³/mol. The molecule has 0 aliphatic carbocycles. The van der Waals surface area contributed by atoms with E-state index < -0.39 is 6.10 Å². The summed E-state index contributed by atoms with van der Waals surface area (Å²) < 4.78 is 10.7. The molecule has 1 N–H and O–H groups in total. The SMILES string of the molecule is CC/C=C\C/C=C\C/C=C\C/C=C\C/C=C\C/C=C\C/C=C\C/C=C\C/C=C\C/C=C\C/C=C\CCCCCCCC(=O)OC(CO)COC(=O)CCCCCCCC/C=C\C/C=C\C/C=C\C/C=C\C/C=C\C/C=C\C/C=C\C/C=C\C/C=C\C/C=C\CC. The lowest BCUT2D eigenvalue weighted by atomic mass is 10.1. The smallest absolute Gasteiger partial charge is 0.306 e. The van der Waals surface area contributed by atoms with E-state index in [9.17, 15) is 14.7 Å². The van der Waals surface area contributed by atoms with Crippen LogP contribution in [0.4, 0.5) is 0 Å². The monoisotopic (exact) mass is 1230 g/mol. The van der Waals surface area contributed by atoms with E-state index in [-0.39, 0.29) is 25.2 Å². The molecule has 0 saturated heterocycles. The minimum Gasteiger partial charge on any atom is -0.462 e. The van der Waals surface area contributed by atoms with Crippen LogP contribution in [0.2, 0.25) is 0 Å². The molecule has 0 aromatic rings. The maximum absolute atomic E-state index is 12.4. The van der Waals surface area contributed by atoms with Crippen molar-refractivity contribution < 1.29 is 24.2 Å². The van der Waals surface area contributed by atoms with Gasteiger partial charge in [-0.3, -0.25) is 9.59 Å². The number of unbranched alkanes of at least 4 members (excludes halogenated alkanes) is 11. The maximum atomic E-state index is 12.4. The summed E-state index contributed by atoms with van der Waals surface area (Å²) in [5, 5.41) is 9.70. The summed E-state index contributed by atoms with van der Waals surface area (Å²) in [7, 11) is 0. The van der Waals surface area contributed by atoms with Crippen molar-refractivity contribution >= 4 is 11.9 Å². The van der Waals surface area contributed by atoms with Gasteiger partial charge in [-0.2, -0.15) is 0 Å². The highest BCUT2D eigenvalue weighted by Crippen LogP contribution is 2.13. The Hall–Kier alpha value is -6.56. The van der Waals surface area contributed by atoms with Gasteiger partial charge in [-0.15, -0.1) is 0 Å². The molecule has 0 rings (SSSR count). The van der Waals surface area contributed by atoms with Gasteiger partial charge >= 0.3 is 11.9 Å². The minimum atomic E-state index is -0.812. The maximum Gasteiger partial charge on any atom is 0.306 e. The van der Waals surface area contributed by atoms with Crippen LogP contribution in [0.1, 0.15) is 245 Å². The van der Waals surface area contributed by atoms with E-state index in [1.54, 1.807) is 0 Å². The Morgan fingerprint density at radius 2 is 0.444 bits per heavy atom. The topological polar surface area (TPSA) is 72.8 Å². The zero-order chi connectivity index (χ0) is 64.7. The average molecular weight is 1230 g/mol. The van der Waals surface area contributed by atoms with Crippen LogP contribution >= 0.6 is 0 Å². The van der Waals surface area contributed by atoms with Gasteiger partial charge < -0.3 is 14.6 Å². The predicted octanol–water partition coefficient (Wildman–Crippen LogP) is 25.2. The number of esters is 2. The van der Waals surface area contributed by atoms with Gasteiger partial charge in [-0.05, 0) is 173 Å². The Morgan fingerprint density at radius 1 is 0.256 bits per heavy atom. The van der Waals surface area contributed by atoms with Gasteiger partial charge in [0.1, 0.15) is 6.61 Å². The van der Waals surface area contributed by atoms with Gasteiger partial charge in [0.15, 0.2) is 6.10 Å². The van der Waals surface area contributed by atoms with E-state index >= 15 is 0 Å². The van der Waals surface area contributed by atoms with E-state index in [4.69, 9.17) is 9.47 Å². The number of rotatable bonds is 61. The lowest BCUT2D eigenvalue weighted by Gasteiger charge is -2.15. The second kappa shape index (κ2) is 76.7. The van der Waals surface area contributed by atoms with Crippen molar-refractivity contribution in [3.05, 3.63) is 255 Å². The van der Waals surface area contributed by atoms with Crippen molar-refractivity contribution in [2.45, 2.75) is 251 Å². The molecule has 0 bridgehead atoms. The number of allylic oxidation sites excluding steroid dienone is 42. The molecule has 1 unspecified atom stereocenters. The summed E-state index contributed by atoms with van der Waals surface area (Å²) >= 11 is 0. The van der Waals surface area contributed by atoms with Crippen LogP contribution in [0.3, 0.4) is 0 Å². The number of aliphatic hydroxyl groups is 1. The van der Waals surface area contributed by atoms with Gasteiger partial charge in [0.25, 0.3) is 0 Å². The first-order chi connectivity index (χ1) is 44.6. The molecule has 0 aliphatic rings. The van der Waals surface area contributed by atoms with E-state index in [1.807, 2.05) is 0 Å². The summed E-state index contributed by atoms with van der Waals surface area (Å²) in [5.41, 5.74) is 0. The van der Waals surface area contributed by atoms with Gasteiger partial charge in [-0.25, -0.2) is 0 Å². The first kappa shape index (κ1) is 83.4. The fraction of sp³-hybridized carbons (Fsp3) is 0.482. The molecule has 496 valence electrons. The lowest BCUT2D eigenvalue weighted by Crippen LogP contribution is -2.28. The zero-order valence-corrected chi connectivity index (χ0v) is 56.8. The summed E-state index contributed by atoms with van der Waals surface area (Å²) in [6.07, 6.45) is 128. The molecule has 5 nitrogen and oxygen atoms in total. The second-order valence-corrected chi connectivity index (χ2v) is 22.1. The zero-order valence-electron chi connectivity index (χ0n) is 56.8. The Balaban J connectivity index is 3.70. The summed E-state index contributed by atoms with van der Waals surface area (Å²) in [6, 6.07) is 0. The van der Waals surface area contributed by atoms with Gasteiger partial charge in [-0.1, -0.05) is 314 Å². The molecule has 0 amide bonds. The average Bonchev–Trinajstić information content (AvgIpc) is 3.59. The first-order valence-corrected chi connectivity index (χ1v) is 35.2. The highest BCUT2D eigenvalue weighted by molar-refractivity contribution is 5.70. The molecule has 1 atom stereocenters. The van der Waals surface area contributed by atoms with E-state index in [1.165, 1.54) is 12.8 Å². The second-order valence-electron chi connectivity index (χ2n) is 22.1. The summed E-state index contributed by atoms with van der Waals surface area (Å²) in [6.45, 7) is 3.87. The number of ether oxygens (including phenoxy) is 2. The summed E-state index contributed by atoms with van der Waals surface area (Å²) in [5.74, 6) is -0.650. The third-order valence-electron chi connectivity index (χ3n) is 13.8. The van der Waals surface area contributed by atoms with Gasteiger partial charge in [0.05, 0.1) is 6.61 Å². The van der Waals surface area contributed by atoms with Gasteiger partial charge in [0.2, 0.25) is 0 Å². The number of hydrogen-bond acceptors (Lipinski definition) is 5. The van der Waals surface area contributed by atoms with Crippen molar-refractivity contribution in [2.75, 3.05) is 13.2 Å². The molecule has 0 saturated carbocycles. The van der Waals surface area contributed by atoms with Crippen LogP contribution in [0.5, 0.6) is 0 Å². The molecule has 0 spiro atoms. The molecule has 0 aromatic heterocycles. The van der Waals surface area contributed by atoms with Gasteiger partial charge in [0, 0.05) is 12.8 Å². The number of hydrogen-bond donors (Lipinski definition) is 1. The third kappa shape index (κ3) is 73.9. The van der Waals surface area contributed by atoms with Crippen molar-refractivity contribution in [3.63, 3.8) is 0 Å². The Bertz CT molecular complexity index is 2280. The highest BCUT2D eigenvalue weighted by atomic mass is 16.6. The molecule has 0 fully saturated rings. The lowest BCUT2D eigenvalue weighted by molar-refractivity contribution is -0.161. The minimum absolute atomic E-state index is 0.0997. The Morgan fingerprint density at radius 3 is 0.667 bits per heavy atom. The fourth-order valence-electron chi connectivity index (χ4n) is 8.65. The van der Waals surface area contributed by atoms with E-state index in [2.05, 4.69) is 269 Å². The molecule has 0 radical (unpaired) electrons. The van der Waals surface area contributed by atoms with Crippen LogP contribution in [-0.4, -0.2) is 36.4 Å². The van der Waals surface area contributed by atoms with Crippen molar-refractivity contribution in [3.8, 4) is 0 Å². The molecule has 0 aromatic carbocycles. The Kier molecular flexibility index (Phi) is 71.1. The highest BCUT2D eigenvalue weighted by Gasteiger charge is 2.16. The first-order valence-electron chi connectivity index (χ1n) is 35.2. The van der Waals surface area contributed by atoms with E-state index in [0.717, 1.165) is 205 Å². The van der Waals surface area contributed by atoms with Crippen LogP contribution in [0.25, 0.3) is 0 Å². The van der Waals surface area contributed by atoms with Crippen LogP contribution in [-0.2, 0) is 19.1 Å². The molecular weight excluding hydrogens is 1100 g/mol. The molecule has 0 aliphatic heterocycles. The number of carbonyl (C=O) groups excluding carboxylic acids is 2. The largest absolute Gasteiger partial charge is 0.462 e. The van der Waals surface area contributed by atoms with Crippen molar-refractivity contribution in [1.82, 2.24) is 0 Å². The van der Waals surface area contributed by atoms with Crippen LogP contribution < -0.4 is 0 Å². The molecule has 0 heterocycles. The van der Waals surface area contributed by atoms with Crippen LogP contribution in [0.15, 0.2) is 255 Å². The van der Waals surface area contributed by atoms with E-state index in [0.29, 0.717) is 12.8 Å². The molecular formula is C85H126O5. The fourth-order valence-corrected chi connectivity index (χ4v) is 8.65. The normalized spacial score (nSPS) is 13.9. The standard InChI is InChI=1S/C85H126O5/c1-3-5-7-9-11-13-15-17-19-21-23-25-27-29-31-33-35-37-39-41-42-44-46-48-50-52-54-56-58-60-62-64-66-68-70-72-74-76-78-80-85(88)90-83(81-86)82-89-84(87)79-77-75-73-71-69-67-65-63-61-59-57-55-53-51-49-47-45-43-40-38-36-34-32-30-28-26-24-22-20-18-16-14-12-10-8-6-4-2/h5-8,11-14,17-20,23-26,29-32,35-38,41-43,45-46,48-49,51-52,54-55,57-58,60-61,63-64,66,83,86H,3-4,9-10,15-16,21-22,27-28,33-34,39-40,44,47,50,53,56,59,62,65,67-82H2,1-2H3/b7-5-,8-6-,13-11-,14-12-,19-17-,20-18-,25-23-,26-24-,31-29-,32-30-,37-35-,38-36-,42-41-,45-43-,48-46-,51-49-,54-52-,57-55-,60-58-,63-61-,66-64-. The quantitative estimate of drug-likeness (QED) is 0.0373. The molecule has 90 heavy (non-hydrogen) atoms. The summed E-state index contributed by atoms with van der Waals surface area (Å²) in [4.78, 5) is 24.7. The van der Waals surface area contributed by atoms with Crippen molar-refractivity contribution in [2.24, 2.45) is 0 Å². The number of carbonyl (C=O) groups is 2. The van der Waals surface area contributed by atoms with Crippen LogP contribution in [0, 0.1) is 0 Å². The number of aliphatic hydroxyl groups excluding tert-OH is 1.